The highest BCUT2D eigenvalue weighted by Gasteiger charge is 2.15. The summed E-state index contributed by atoms with van der Waals surface area (Å²) in [5, 5.41) is 19.1. The molecule has 0 saturated heterocycles. The molecule has 116 valence electrons. The summed E-state index contributed by atoms with van der Waals surface area (Å²) in [6.07, 6.45) is 1.97. The fraction of sp³-hybridized carbons (Fsp3) is 0.111. The molecule has 2 aromatic carbocycles. The van der Waals surface area contributed by atoms with Crippen molar-refractivity contribution in [1.82, 2.24) is 0 Å². The Hall–Kier alpha value is -2.92. The minimum absolute atomic E-state index is 0.0501. The highest BCUT2D eigenvalue weighted by atomic mass is 16.3. The number of carbonyl (C=O) groups is 1. The topological polar surface area (TPSA) is 87.7 Å². The van der Waals surface area contributed by atoms with Crippen LogP contribution in [0.25, 0.3) is 22.1 Å². The fourth-order valence-electron chi connectivity index (χ4n) is 2.58. The van der Waals surface area contributed by atoms with E-state index >= 15 is 0 Å². The maximum absolute atomic E-state index is 12.8. The molecule has 1 heterocycles. The van der Waals surface area contributed by atoms with Gasteiger partial charge in [0.05, 0.1) is 17.6 Å². The summed E-state index contributed by atoms with van der Waals surface area (Å²) >= 11 is 0. The van der Waals surface area contributed by atoms with Crippen molar-refractivity contribution in [3.63, 3.8) is 0 Å². The molecule has 0 atom stereocenters. The molecular weight excluding hydrogens is 296 g/mol. The predicted octanol–water partition coefficient (Wildman–Crippen LogP) is 2.78. The molecule has 5 nitrogen and oxygen atoms in total. The average Bonchev–Trinajstić information content (AvgIpc) is 2.56. The van der Waals surface area contributed by atoms with E-state index in [0.29, 0.717) is 34.1 Å². The number of aldehydes is 1. The molecule has 0 fully saturated rings. The van der Waals surface area contributed by atoms with Crippen LogP contribution in [-0.2, 0) is 6.61 Å². The molecule has 2 N–H and O–H groups in total. The van der Waals surface area contributed by atoms with Gasteiger partial charge in [0.15, 0.2) is 6.29 Å². The summed E-state index contributed by atoms with van der Waals surface area (Å²) in [4.78, 5) is 24.1. The Morgan fingerprint density at radius 2 is 2.00 bits per heavy atom. The van der Waals surface area contributed by atoms with Crippen molar-refractivity contribution in [2.75, 3.05) is 0 Å². The van der Waals surface area contributed by atoms with Crippen LogP contribution in [0.15, 0.2) is 45.8 Å². The van der Waals surface area contributed by atoms with Gasteiger partial charge in [-0.1, -0.05) is 12.1 Å². The van der Waals surface area contributed by atoms with Crippen molar-refractivity contribution in [2.45, 2.75) is 13.5 Å². The van der Waals surface area contributed by atoms with Gasteiger partial charge in [-0.25, -0.2) is 0 Å². The van der Waals surface area contributed by atoms with E-state index in [2.05, 4.69) is 0 Å². The van der Waals surface area contributed by atoms with Gasteiger partial charge in [-0.15, -0.1) is 0 Å². The quantitative estimate of drug-likeness (QED) is 0.726. The number of carbonyl (C=O) groups excluding carboxylic acids is 1. The predicted molar refractivity (Wildman–Crippen MR) is 85.6 cm³/mol. The van der Waals surface area contributed by atoms with Crippen molar-refractivity contribution in [3.05, 3.63) is 63.5 Å². The van der Waals surface area contributed by atoms with E-state index in [1.165, 1.54) is 18.4 Å². The summed E-state index contributed by atoms with van der Waals surface area (Å²) < 4.78 is 5.50. The second-order valence-electron chi connectivity index (χ2n) is 5.27. The zero-order valence-corrected chi connectivity index (χ0v) is 12.4. The average molecular weight is 310 g/mol. The number of fused-ring (bicyclic) bond motifs is 1. The lowest BCUT2D eigenvalue weighted by Gasteiger charge is -2.08. The van der Waals surface area contributed by atoms with Crippen LogP contribution in [-0.4, -0.2) is 16.5 Å². The molecule has 0 saturated carbocycles. The molecule has 0 aliphatic heterocycles. The van der Waals surface area contributed by atoms with Crippen molar-refractivity contribution in [1.29, 1.82) is 0 Å². The second kappa shape index (κ2) is 5.70. The first-order valence-corrected chi connectivity index (χ1v) is 7.00. The number of phenols is 1. The van der Waals surface area contributed by atoms with Crippen molar-refractivity contribution >= 4 is 17.3 Å². The number of benzene rings is 2. The second-order valence-corrected chi connectivity index (χ2v) is 5.27. The number of aromatic hydroxyl groups is 1. The van der Waals surface area contributed by atoms with Crippen LogP contribution in [0.2, 0.25) is 0 Å². The van der Waals surface area contributed by atoms with E-state index in [9.17, 15) is 19.8 Å². The van der Waals surface area contributed by atoms with E-state index < -0.39 is 0 Å². The minimum atomic E-state index is -0.350. The molecule has 0 amide bonds. The number of rotatable bonds is 3. The Morgan fingerprint density at radius 1 is 1.22 bits per heavy atom. The zero-order valence-electron chi connectivity index (χ0n) is 12.4. The molecular formula is C18H14O5. The Kier molecular flexibility index (Phi) is 3.72. The van der Waals surface area contributed by atoms with Gasteiger partial charge < -0.3 is 14.6 Å². The molecule has 23 heavy (non-hydrogen) atoms. The van der Waals surface area contributed by atoms with Gasteiger partial charge >= 0.3 is 0 Å². The third-order valence-electron chi connectivity index (χ3n) is 3.88. The summed E-state index contributed by atoms with van der Waals surface area (Å²) in [5.74, 6) is -0.0501. The summed E-state index contributed by atoms with van der Waals surface area (Å²) in [6.45, 7) is 1.40. The van der Waals surface area contributed by atoms with Crippen LogP contribution in [0, 0.1) is 6.92 Å². The Bertz CT molecular complexity index is 969. The molecule has 0 bridgehead atoms. The smallest absolute Gasteiger partial charge is 0.201 e. The largest absolute Gasteiger partial charge is 0.508 e. The highest BCUT2D eigenvalue weighted by molar-refractivity contribution is 5.98. The lowest BCUT2D eigenvalue weighted by molar-refractivity contribution is 0.112. The SMILES string of the molecule is Cc1ccc2occ(-c3ccc(O)c(CO)c3)c(=O)c2c1C=O. The molecule has 0 aliphatic rings. The molecule has 1 aromatic heterocycles. The Labute approximate surface area is 131 Å². The van der Waals surface area contributed by atoms with Gasteiger partial charge in [0.25, 0.3) is 0 Å². The number of hydrogen-bond donors (Lipinski definition) is 2. The number of aliphatic hydroxyl groups excluding tert-OH is 1. The van der Waals surface area contributed by atoms with Crippen LogP contribution >= 0.6 is 0 Å². The number of aryl methyl sites for hydroxylation is 1. The summed E-state index contributed by atoms with van der Waals surface area (Å²) in [5.41, 5.74) is 2.08. The van der Waals surface area contributed by atoms with Gasteiger partial charge in [-0.05, 0) is 36.2 Å². The molecule has 0 aliphatic carbocycles. The van der Waals surface area contributed by atoms with Crippen LogP contribution < -0.4 is 5.43 Å². The number of hydrogen-bond acceptors (Lipinski definition) is 5. The van der Waals surface area contributed by atoms with Crippen LogP contribution in [0.3, 0.4) is 0 Å². The standard InChI is InChI=1S/C18H14O5/c1-10-2-5-16-17(13(10)8-20)18(22)14(9-23-16)11-3-4-15(21)12(6-11)7-19/h2-6,8-9,19,21H,7H2,1H3. The third-order valence-corrected chi connectivity index (χ3v) is 3.88. The van der Waals surface area contributed by atoms with Crippen LogP contribution in [0.4, 0.5) is 0 Å². The van der Waals surface area contributed by atoms with E-state index in [-0.39, 0.29) is 28.7 Å². The van der Waals surface area contributed by atoms with Gasteiger partial charge in [0.2, 0.25) is 5.43 Å². The monoisotopic (exact) mass is 310 g/mol. The van der Waals surface area contributed by atoms with Crippen LogP contribution in [0.1, 0.15) is 21.5 Å². The number of aliphatic hydroxyl groups is 1. The first kappa shape index (κ1) is 15.0. The maximum atomic E-state index is 12.8. The molecule has 0 radical (unpaired) electrons. The Balaban J connectivity index is 2.34. The first-order valence-electron chi connectivity index (χ1n) is 7.00. The maximum Gasteiger partial charge on any atom is 0.201 e. The van der Waals surface area contributed by atoms with Gasteiger partial charge in [-0.2, -0.15) is 0 Å². The van der Waals surface area contributed by atoms with Crippen molar-refractivity contribution < 1.29 is 19.4 Å². The molecule has 0 spiro atoms. The van der Waals surface area contributed by atoms with E-state index in [4.69, 9.17) is 4.42 Å². The van der Waals surface area contributed by atoms with Crippen LogP contribution in [0.5, 0.6) is 5.75 Å². The van der Waals surface area contributed by atoms with E-state index in [1.54, 1.807) is 25.1 Å². The highest BCUT2D eigenvalue weighted by Crippen LogP contribution is 2.27. The zero-order chi connectivity index (χ0) is 16.6. The minimum Gasteiger partial charge on any atom is -0.508 e. The normalized spacial score (nSPS) is 10.9. The lowest BCUT2D eigenvalue weighted by Crippen LogP contribution is -2.08. The van der Waals surface area contributed by atoms with Crippen molar-refractivity contribution in [2.24, 2.45) is 0 Å². The summed E-state index contributed by atoms with van der Waals surface area (Å²) in [6, 6.07) is 7.85. The lowest BCUT2D eigenvalue weighted by atomic mass is 9.99. The molecule has 3 rings (SSSR count). The van der Waals surface area contributed by atoms with Gasteiger partial charge in [-0.3, -0.25) is 9.59 Å². The molecule has 3 aromatic rings. The molecule has 0 unspecified atom stereocenters. The summed E-state index contributed by atoms with van der Waals surface area (Å²) in [7, 11) is 0. The van der Waals surface area contributed by atoms with Crippen molar-refractivity contribution in [3.8, 4) is 16.9 Å². The first-order chi connectivity index (χ1) is 11.1. The van der Waals surface area contributed by atoms with E-state index in [1.807, 2.05) is 0 Å². The van der Waals surface area contributed by atoms with Gasteiger partial charge in [0.1, 0.15) is 17.6 Å². The molecule has 5 heteroatoms. The fourth-order valence-corrected chi connectivity index (χ4v) is 2.58. The third kappa shape index (κ3) is 2.41. The Morgan fingerprint density at radius 3 is 2.70 bits per heavy atom. The van der Waals surface area contributed by atoms with E-state index in [0.717, 1.165) is 0 Å². The van der Waals surface area contributed by atoms with Gasteiger partial charge in [0, 0.05) is 11.1 Å².